The Balaban J connectivity index is 1.57. The van der Waals surface area contributed by atoms with Crippen LogP contribution in [0, 0.1) is 17.1 Å². The van der Waals surface area contributed by atoms with Gasteiger partial charge in [0.1, 0.15) is 11.9 Å². The highest BCUT2D eigenvalue weighted by atomic mass is 19.1. The number of carbonyl (C=O) groups is 3. The maximum atomic E-state index is 14.7. The van der Waals surface area contributed by atoms with E-state index >= 15 is 0 Å². The van der Waals surface area contributed by atoms with E-state index in [2.05, 4.69) is 22.6 Å². The van der Waals surface area contributed by atoms with Crippen molar-refractivity contribution in [3.8, 4) is 0 Å². The van der Waals surface area contributed by atoms with Gasteiger partial charge in [0.25, 0.3) is 11.8 Å². The van der Waals surface area contributed by atoms with Gasteiger partial charge in [0, 0.05) is 44.7 Å². The SMILES string of the molecule is CN/C(=C\C=N)c1ccc2c(c1)N(C)C(=O)[C@@H](C)N(Cc1cc(F)cc(C(=O)NCC3CCN(C)CC3)c1)C2=O. The van der Waals surface area contributed by atoms with Crippen LogP contribution in [0.2, 0.25) is 0 Å². The fourth-order valence-electron chi connectivity index (χ4n) is 5.31. The van der Waals surface area contributed by atoms with Crippen molar-refractivity contribution in [3.63, 3.8) is 0 Å². The van der Waals surface area contributed by atoms with Gasteiger partial charge in [-0.25, -0.2) is 4.39 Å². The van der Waals surface area contributed by atoms with Crippen molar-refractivity contribution in [3.05, 3.63) is 70.5 Å². The lowest BCUT2D eigenvalue weighted by atomic mass is 9.97. The summed E-state index contributed by atoms with van der Waals surface area (Å²) in [6.45, 7) is 4.11. The number of anilines is 1. The maximum absolute atomic E-state index is 14.7. The Morgan fingerprint density at radius 3 is 2.50 bits per heavy atom. The zero-order valence-corrected chi connectivity index (χ0v) is 23.5. The van der Waals surface area contributed by atoms with Gasteiger partial charge >= 0.3 is 0 Å². The smallest absolute Gasteiger partial charge is 0.256 e. The summed E-state index contributed by atoms with van der Waals surface area (Å²) in [5.74, 6) is -1.22. The number of hydrogen-bond donors (Lipinski definition) is 3. The number of fused-ring (bicyclic) bond motifs is 1. The molecule has 2 aliphatic rings. The molecule has 2 aromatic carbocycles. The number of piperidine rings is 1. The number of nitrogens with zero attached hydrogens (tertiary/aromatic N) is 3. The summed E-state index contributed by atoms with van der Waals surface area (Å²) in [7, 11) is 5.43. The summed E-state index contributed by atoms with van der Waals surface area (Å²) >= 11 is 0. The fraction of sp³-hybridized carbons (Fsp3) is 0.400. The number of hydrogen-bond acceptors (Lipinski definition) is 6. The van der Waals surface area contributed by atoms with E-state index in [1.54, 1.807) is 51.4 Å². The van der Waals surface area contributed by atoms with Crippen molar-refractivity contribution in [1.29, 1.82) is 5.41 Å². The molecule has 0 unspecified atom stereocenters. The molecular weight excluding hydrogens is 511 g/mol. The summed E-state index contributed by atoms with van der Waals surface area (Å²) in [6.07, 6.45) is 4.74. The molecule has 0 spiro atoms. The zero-order chi connectivity index (χ0) is 29.0. The first kappa shape index (κ1) is 28.9. The van der Waals surface area contributed by atoms with Gasteiger partial charge in [-0.15, -0.1) is 0 Å². The normalized spacial score (nSPS) is 18.8. The third kappa shape index (κ3) is 6.22. The van der Waals surface area contributed by atoms with Crippen LogP contribution < -0.4 is 15.5 Å². The summed E-state index contributed by atoms with van der Waals surface area (Å²) < 4.78 is 14.7. The van der Waals surface area contributed by atoms with Crippen LogP contribution in [-0.2, 0) is 11.3 Å². The molecule has 0 aromatic heterocycles. The molecule has 3 amide bonds. The minimum absolute atomic E-state index is 0.0384. The number of rotatable bonds is 8. The molecule has 2 aliphatic heterocycles. The highest BCUT2D eigenvalue weighted by Gasteiger charge is 2.36. The van der Waals surface area contributed by atoms with Crippen molar-refractivity contribution in [2.75, 3.05) is 45.7 Å². The molecule has 10 heteroatoms. The first-order valence-electron chi connectivity index (χ1n) is 13.5. The average Bonchev–Trinajstić information content (AvgIpc) is 3.01. The largest absolute Gasteiger partial charge is 0.388 e. The topological polar surface area (TPSA) is 109 Å². The Kier molecular flexibility index (Phi) is 8.99. The molecular formula is C30H37FN6O3. The summed E-state index contributed by atoms with van der Waals surface area (Å²) in [5.41, 5.74) is 2.78. The average molecular weight is 549 g/mol. The van der Waals surface area contributed by atoms with E-state index in [4.69, 9.17) is 5.41 Å². The number of nitrogens with one attached hydrogen (secondary N) is 3. The fourth-order valence-corrected chi connectivity index (χ4v) is 5.31. The van der Waals surface area contributed by atoms with Crippen LogP contribution in [0.15, 0.2) is 42.5 Å². The van der Waals surface area contributed by atoms with Gasteiger partial charge in [0.05, 0.1) is 11.3 Å². The predicted octanol–water partition coefficient (Wildman–Crippen LogP) is 3.11. The molecule has 3 N–H and O–H groups in total. The lowest BCUT2D eigenvalue weighted by Gasteiger charge is -2.29. The van der Waals surface area contributed by atoms with Crippen LogP contribution in [0.5, 0.6) is 0 Å². The molecule has 0 aliphatic carbocycles. The number of amides is 3. The van der Waals surface area contributed by atoms with E-state index in [9.17, 15) is 18.8 Å². The van der Waals surface area contributed by atoms with Crippen LogP contribution in [0.3, 0.4) is 0 Å². The van der Waals surface area contributed by atoms with E-state index < -0.39 is 11.9 Å². The van der Waals surface area contributed by atoms with Crippen molar-refractivity contribution in [2.45, 2.75) is 32.4 Å². The predicted molar refractivity (Wildman–Crippen MR) is 154 cm³/mol. The Labute approximate surface area is 234 Å². The third-order valence-corrected chi connectivity index (χ3v) is 7.80. The minimum Gasteiger partial charge on any atom is -0.388 e. The van der Waals surface area contributed by atoms with E-state index in [0.717, 1.165) is 37.7 Å². The van der Waals surface area contributed by atoms with Crippen molar-refractivity contribution in [2.24, 2.45) is 5.92 Å². The second-order valence-corrected chi connectivity index (χ2v) is 10.5. The Hall–Kier alpha value is -4.05. The molecule has 4 rings (SSSR count). The van der Waals surface area contributed by atoms with Crippen molar-refractivity contribution in [1.82, 2.24) is 20.4 Å². The van der Waals surface area contributed by atoms with Crippen LogP contribution in [0.1, 0.15) is 51.6 Å². The van der Waals surface area contributed by atoms with Gasteiger partial charge in [-0.2, -0.15) is 0 Å². The number of likely N-dealkylation sites (tertiary alicyclic amines) is 1. The minimum atomic E-state index is -0.820. The third-order valence-electron chi connectivity index (χ3n) is 7.80. The monoisotopic (exact) mass is 548 g/mol. The Bertz CT molecular complexity index is 1330. The molecule has 2 aromatic rings. The Morgan fingerprint density at radius 2 is 1.82 bits per heavy atom. The van der Waals surface area contributed by atoms with Crippen molar-refractivity contribution < 1.29 is 18.8 Å². The number of benzene rings is 2. The summed E-state index contributed by atoms with van der Waals surface area (Å²) in [5, 5.41) is 13.3. The molecule has 1 atom stereocenters. The molecule has 2 heterocycles. The van der Waals surface area contributed by atoms with Gasteiger partial charge in [0.2, 0.25) is 5.91 Å². The second kappa shape index (κ2) is 12.4. The standard InChI is InChI=1S/C30H37FN6O3/c1-19-29(39)36(4)27-16-22(26(33-2)7-10-32)5-6-25(27)30(40)37(19)18-21-13-23(15-24(31)14-21)28(38)34-17-20-8-11-35(3)12-9-20/h5-7,10,13-16,19-20,32-33H,8-9,11-12,17-18H2,1-4H3,(H,34,38)/b26-7-,32-10?/t19-/m1/s1. The molecule has 40 heavy (non-hydrogen) atoms. The zero-order valence-electron chi connectivity index (χ0n) is 23.5. The highest BCUT2D eigenvalue weighted by Crippen LogP contribution is 2.31. The van der Waals surface area contributed by atoms with Crippen LogP contribution >= 0.6 is 0 Å². The van der Waals surface area contributed by atoms with Gasteiger partial charge in [-0.05, 0) is 93.4 Å². The van der Waals surface area contributed by atoms with Gasteiger partial charge < -0.3 is 30.7 Å². The number of likely N-dealkylation sites (N-methyl/N-ethyl adjacent to an activating group) is 1. The van der Waals surface area contributed by atoms with Crippen LogP contribution in [-0.4, -0.2) is 80.6 Å². The molecule has 1 fully saturated rings. The highest BCUT2D eigenvalue weighted by molar-refractivity contribution is 6.11. The maximum Gasteiger partial charge on any atom is 0.256 e. The molecule has 9 nitrogen and oxygen atoms in total. The number of allylic oxidation sites excluding steroid dienone is 1. The van der Waals surface area contributed by atoms with Gasteiger partial charge in [-0.3, -0.25) is 14.4 Å². The summed E-state index contributed by atoms with van der Waals surface area (Å²) in [6, 6.07) is 8.39. The molecule has 212 valence electrons. The first-order valence-corrected chi connectivity index (χ1v) is 13.5. The molecule has 0 bridgehead atoms. The quantitative estimate of drug-likeness (QED) is 0.440. The number of halogens is 1. The molecule has 0 radical (unpaired) electrons. The van der Waals surface area contributed by atoms with E-state index in [0.29, 0.717) is 35.0 Å². The first-order chi connectivity index (χ1) is 19.1. The van der Waals surface area contributed by atoms with Gasteiger partial charge in [0.15, 0.2) is 0 Å². The van der Waals surface area contributed by atoms with Crippen LogP contribution in [0.4, 0.5) is 10.1 Å². The molecule has 0 saturated carbocycles. The second-order valence-electron chi connectivity index (χ2n) is 10.5. The molecule has 1 saturated heterocycles. The van der Waals surface area contributed by atoms with E-state index in [1.807, 2.05) is 0 Å². The number of carbonyl (C=O) groups excluding carboxylic acids is 3. The van der Waals surface area contributed by atoms with E-state index in [1.165, 1.54) is 21.9 Å². The van der Waals surface area contributed by atoms with E-state index in [-0.39, 0.29) is 29.8 Å². The van der Waals surface area contributed by atoms with Crippen LogP contribution in [0.25, 0.3) is 5.70 Å². The van der Waals surface area contributed by atoms with Gasteiger partial charge in [-0.1, -0.05) is 6.07 Å². The lowest BCUT2D eigenvalue weighted by Crippen LogP contribution is -2.45. The summed E-state index contributed by atoms with van der Waals surface area (Å²) in [4.78, 5) is 45.1. The lowest BCUT2D eigenvalue weighted by molar-refractivity contribution is -0.122. The Morgan fingerprint density at radius 1 is 1.10 bits per heavy atom. The van der Waals surface area contributed by atoms with Crippen molar-refractivity contribution >= 4 is 35.3 Å².